The van der Waals surface area contributed by atoms with E-state index in [1.54, 1.807) is 4.90 Å². The second-order valence-corrected chi connectivity index (χ2v) is 8.89. The topological polar surface area (TPSA) is 66.9 Å². The maximum absolute atomic E-state index is 13.9. The fourth-order valence-electron chi connectivity index (χ4n) is 3.69. The Balaban J connectivity index is 1.41. The molecule has 0 spiro atoms. The second-order valence-electron chi connectivity index (χ2n) is 6.98. The van der Waals surface area contributed by atoms with E-state index in [9.17, 15) is 17.6 Å². The van der Waals surface area contributed by atoms with Gasteiger partial charge < -0.3 is 9.64 Å². The highest BCUT2D eigenvalue weighted by Gasteiger charge is 2.35. The molecule has 2 aromatic carbocycles. The van der Waals surface area contributed by atoms with Crippen LogP contribution in [0, 0.1) is 11.7 Å². The Morgan fingerprint density at radius 3 is 2.43 bits per heavy atom. The minimum absolute atomic E-state index is 0.0301. The first-order chi connectivity index (χ1) is 13.5. The Labute approximate surface area is 163 Å². The van der Waals surface area contributed by atoms with Crippen LogP contribution in [0.5, 0.6) is 5.75 Å². The van der Waals surface area contributed by atoms with Gasteiger partial charge in [0.25, 0.3) is 0 Å². The van der Waals surface area contributed by atoms with Gasteiger partial charge in [0.1, 0.15) is 23.1 Å². The number of carbonyl (C=O) groups is 1. The normalized spacial score (nSPS) is 20.3. The van der Waals surface area contributed by atoms with Crippen molar-refractivity contribution in [2.24, 2.45) is 5.92 Å². The first-order valence-electron chi connectivity index (χ1n) is 9.21. The van der Waals surface area contributed by atoms with Crippen LogP contribution in [0.25, 0.3) is 0 Å². The van der Waals surface area contributed by atoms with Crippen LogP contribution < -0.4 is 4.74 Å². The minimum atomic E-state index is -3.91. The summed E-state index contributed by atoms with van der Waals surface area (Å²) in [7, 11) is -3.91. The number of ether oxygens (including phenoxy) is 1. The van der Waals surface area contributed by atoms with Gasteiger partial charge in [0.05, 0.1) is 5.92 Å². The van der Waals surface area contributed by atoms with Crippen LogP contribution in [0.4, 0.5) is 4.39 Å². The van der Waals surface area contributed by atoms with Crippen molar-refractivity contribution < 1.29 is 22.3 Å². The van der Waals surface area contributed by atoms with Gasteiger partial charge in [0.2, 0.25) is 15.9 Å². The van der Waals surface area contributed by atoms with Crippen molar-refractivity contribution >= 4 is 15.9 Å². The molecule has 0 N–H and O–H groups in total. The monoisotopic (exact) mass is 404 g/mol. The van der Waals surface area contributed by atoms with Crippen LogP contribution in [0.2, 0.25) is 0 Å². The summed E-state index contributed by atoms with van der Waals surface area (Å²) in [5, 5.41) is 0. The number of sulfonamides is 1. The lowest BCUT2D eigenvalue weighted by molar-refractivity contribution is -0.138. The number of piperazine rings is 1. The molecular weight excluding hydrogens is 383 g/mol. The van der Waals surface area contributed by atoms with Crippen LogP contribution in [0.15, 0.2) is 53.4 Å². The molecule has 8 heteroatoms. The summed E-state index contributed by atoms with van der Waals surface area (Å²) in [6.07, 6.45) is 0.614. The molecule has 1 amide bonds. The molecule has 0 aliphatic carbocycles. The zero-order valence-corrected chi connectivity index (χ0v) is 16.1. The Bertz CT molecular complexity index is 987. The van der Waals surface area contributed by atoms with Crippen LogP contribution in [0.1, 0.15) is 5.56 Å². The van der Waals surface area contributed by atoms with E-state index < -0.39 is 15.8 Å². The van der Waals surface area contributed by atoms with Crippen molar-refractivity contribution in [1.82, 2.24) is 9.21 Å². The van der Waals surface area contributed by atoms with Crippen LogP contribution >= 0.6 is 0 Å². The van der Waals surface area contributed by atoms with Gasteiger partial charge in [-0.2, -0.15) is 4.31 Å². The van der Waals surface area contributed by atoms with E-state index in [1.165, 1.54) is 22.5 Å². The van der Waals surface area contributed by atoms with E-state index in [4.69, 9.17) is 4.74 Å². The standard InChI is InChI=1S/C20H21FN2O4S/c21-17-6-2-4-8-19(17)28(25,26)23-11-9-22(10-12-23)20(24)16-13-15-5-1-3-7-18(15)27-14-16/h1-8,16H,9-14H2/t16-/m0/s1. The Kier molecular flexibility index (Phi) is 5.07. The zero-order chi connectivity index (χ0) is 19.7. The molecule has 2 aromatic rings. The Morgan fingerprint density at radius 1 is 1.00 bits per heavy atom. The summed E-state index contributed by atoms with van der Waals surface area (Å²) in [6, 6.07) is 13.0. The summed E-state index contributed by atoms with van der Waals surface area (Å²) in [5.74, 6) is -0.256. The lowest BCUT2D eigenvalue weighted by Gasteiger charge is -2.36. The van der Waals surface area contributed by atoms with Gasteiger partial charge in [-0.05, 0) is 30.2 Å². The average Bonchev–Trinajstić information content (AvgIpc) is 2.73. The highest BCUT2D eigenvalue weighted by molar-refractivity contribution is 7.89. The number of carbonyl (C=O) groups excluding carboxylic acids is 1. The predicted octanol–water partition coefficient (Wildman–Crippen LogP) is 1.91. The van der Waals surface area contributed by atoms with Gasteiger partial charge in [0, 0.05) is 26.2 Å². The molecule has 0 unspecified atom stereocenters. The summed E-state index contributed by atoms with van der Waals surface area (Å²) in [5.41, 5.74) is 1.01. The summed E-state index contributed by atoms with van der Waals surface area (Å²) < 4.78 is 46.2. The summed E-state index contributed by atoms with van der Waals surface area (Å²) in [6.45, 7) is 1.18. The van der Waals surface area contributed by atoms with Gasteiger partial charge in [-0.3, -0.25) is 4.79 Å². The fourth-order valence-corrected chi connectivity index (χ4v) is 5.17. The first-order valence-corrected chi connectivity index (χ1v) is 10.6. The number of fused-ring (bicyclic) bond motifs is 1. The molecule has 4 rings (SSSR count). The number of hydrogen-bond acceptors (Lipinski definition) is 4. The minimum Gasteiger partial charge on any atom is -0.492 e. The highest BCUT2D eigenvalue weighted by Crippen LogP contribution is 2.28. The Hall–Kier alpha value is -2.45. The van der Waals surface area contributed by atoms with Gasteiger partial charge in [-0.25, -0.2) is 12.8 Å². The van der Waals surface area contributed by atoms with Crippen LogP contribution in [-0.2, 0) is 21.2 Å². The van der Waals surface area contributed by atoms with Crippen LogP contribution in [0.3, 0.4) is 0 Å². The largest absolute Gasteiger partial charge is 0.492 e. The average molecular weight is 404 g/mol. The van der Waals surface area contributed by atoms with E-state index in [-0.39, 0.29) is 42.9 Å². The Morgan fingerprint density at radius 2 is 1.68 bits per heavy atom. The molecule has 2 heterocycles. The first kappa shape index (κ1) is 18.9. The lowest BCUT2D eigenvalue weighted by Crippen LogP contribution is -2.53. The zero-order valence-electron chi connectivity index (χ0n) is 15.3. The second kappa shape index (κ2) is 7.52. The third-order valence-corrected chi connectivity index (χ3v) is 7.16. The van der Waals surface area contributed by atoms with Crippen molar-refractivity contribution in [3.8, 4) is 5.75 Å². The van der Waals surface area contributed by atoms with Gasteiger partial charge in [0.15, 0.2) is 0 Å². The van der Waals surface area contributed by atoms with Gasteiger partial charge in [-0.15, -0.1) is 0 Å². The number of nitrogens with zero attached hydrogens (tertiary/aromatic N) is 2. The molecule has 148 valence electrons. The van der Waals surface area contributed by atoms with E-state index in [2.05, 4.69) is 0 Å². The smallest absolute Gasteiger partial charge is 0.246 e. The molecule has 0 radical (unpaired) electrons. The maximum Gasteiger partial charge on any atom is 0.246 e. The predicted molar refractivity (Wildman–Crippen MR) is 101 cm³/mol. The van der Waals surface area contributed by atoms with Crippen molar-refractivity contribution in [1.29, 1.82) is 0 Å². The summed E-state index contributed by atoms with van der Waals surface area (Å²) >= 11 is 0. The van der Waals surface area contributed by atoms with Crippen molar-refractivity contribution in [2.45, 2.75) is 11.3 Å². The van der Waals surface area contributed by atoms with E-state index in [0.29, 0.717) is 13.0 Å². The molecule has 1 saturated heterocycles. The molecule has 28 heavy (non-hydrogen) atoms. The van der Waals surface area contributed by atoms with Crippen molar-refractivity contribution in [3.05, 3.63) is 59.9 Å². The van der Waals surface area contributed by atoms with E-state index in [0.717, 1.165) is 17.4 Å². The SMILES string of the molecule is O=C([C@@H]1COc2ccccc2C1)N1CCN(S(=O)(=O)c2ccccc2F)CC1. The van der Waals surface area contributed by atoms with Crippen molar-refractivity contribution in [3.63, 3.8) is 0 Å². The molecule has 1 fully saturated rings. The van der Waals surface area contributed by atoms with Gasteiger partial charge >= 0.3 is 0 Å². The molecule has 6 nitrogen and oxygen atoms in total. The fraction of sp³-hybridized carbons (Fsp3) is 0.350. The number of halogens is 1. The molecule has 2 aliphatic rings. The van der Waals surface area contributed by atoms with Gasteiger partial charge in [-0.1, -0.05) is 30.3 Å². The molecule has 0 bridgehead atoms. The molecule has 0 aromatic heterocycles. The number of benzene rings is 2. The summed E-state index contributed by atoms with van der Waals surface area (Å²) in [4.78, 5) is 14.2. The van der Waals surface area contributed by atoms with Crippen molar-refractivity contribution in [2.75, 3.05) is 32.8 Å². The third-order valence-electron chi connectivity index (χ3n) is 5.23. The number of rotatable bonds is 3. The third kappa shape index (κ3) is 3.49. The number of para-hydroxylation sites is 1. The lowest BCUT2D eigenvalue weighted by atomic mass is 9.95. The van der Waals surface area contributed by atoms with E-state index >= 15 is 0 Å². The highest BCUT2D eigenvalue weighted by atomic mass is 32.2. The maximum atomic E-state index is 13.9. The quantitative estimate of drug-likeness (QED) is 0.784. The molecule has 1 atom stereocenters. The number of hydrogen-bond donors (Lipinski definition) is 0. The molecular formula is C20H21FN2O4S. The molecule has 0 saturated carbocycles. The molecule has 2 aliphatic heterocycles. The van der Waals surface area contributed by atoms with E-state index in [1.807, 2.05) is 24.3 Å². The number of amides is 1. The van der Waals surface area contributed by atoms with Crippen LogP contribution in [-0.4, -0.2) is 56.3 Å².